The highest BCUT2D eigenvalue weighted by atomic mass is 127. The summed E-state index contributed by atoms with van der Waals surface area (Å²) in [6.07, 6.45) is 2.27. The Labute approximate surface area is 192 Å². The molecular formula is C22H25F2IN4O. The van der Waals surface area contributed by atoms with Gasteiger partial charge in [0.15, 0.2) is 5.96 Å². The van der Waals surface area contributed by atoms with Gasteiger partial charge < -0.3 is 15.1 Å². The average molecular weight is 526 g/mol. The molecule has 0 fully saturated rings. The van der Waals surface area contributed by atoms with Gasteiger partial charge in [0.05, 0.1) is 12.2 Å². The minimum absolute atomic E-state index is 0. The number of benzene rings is 2. The first kappa shape index (κ1) is 23.8. The summed E-state index contributed by atoms with van der Waals surface area (Å²) in [5.41, 5.74) is 3.14. The van der Waals surface area contributed by atoms with E-state index in [1.165, 1.54) is 5.56 Å². The van der Waals surface area contributed by atoms with E-state index in [1.54, 1.807) is 6.26 Å². The molecule has 0 bridgehead atoms. The highest BCUT2D eigenvalue weighted by molar-refractivity contribution is 14.0. The van der Waals surface area contributed by atoms with Crippen LogP contribution < -0.4 is 10.6 Å². The fourth-order valence-electron chi connectivity index (χ4n) is 2.73. The zero-order chi connectivity index (χ0) is 20.6. The molecule has 5 nitrogen and oxygen atoms in total. The van der Waals surface area contributed by atoms with Crippen molar-refractivity contribution in [1.82, 2.24) is 15.6 Å². The number of halogens is 3. The fourth-order valence-corrected chi connectivity index (χ4v) is 2.73. The zero-order valence-electron chi connectivity index (χ0n) is 16.9. The van der Waals surface area contributed by atoms with Crippen LogP contribution in [0.5, 0.6) is 0 Å². The molecule has 0 aliphatic heterocycles. The third-order valence-corrected chi connectivity index (χ3v) is 4.28. The van der Waals surface area contributed by atoms with Crippen molar-refractivity contribution in [1.29, 1.82) is 0 Å². The Balaban J connectivity index is 0.00000320. The Hall–Kier alpha value is -2.49. The second-order valence-corrected chi connectivity index (χ2v) is 6.62. The Morgan fingerprint density at radius 1 is 1.10 bits per heavy atom. The van der Waals surface area contributed by atoms with Gasteiger partial charge in [-0.15, -0.1) is 24.0 Å². The first-order valence-electron chi connectivity index (χ1n) is 9.52. The third-order valence-electron chi connectivity index (χ3n) is 4.28. The Kier molecular flexibility index (Phi) is 9.22. The number of oxazole rings is 1. The summed E-state index contributed by atoms with van der Waals surface area (Å²) in [5.74, 6) is 0.155. The minimum atomic E-state index is -0.482. The normalized spacial score (nSPS) is 11.1. The van der Waals surface area contributed by atoms with E-state index in [9.17, 15) is 8.78 Å². The molecule has 0 aliphatic rings. The van der Waals surface area contributed by atoms with Crippen molar-refractivity contribution < 1.29 is 13.2 Å². The number of hydrogen-bond acceptors (Lipinski definition) is 3. The summed E-state index contributed by atoms with van der Waals surface area (Å²) < 4.78 is 32.6. The summed E-state index contributed by atoms with van der Waals surface area (Å²) in [5, 5.41) is 6.26. The number of hydrogen-bond donors (Lipinski definition) is 2. The van der Waals surface area contributed by atoms with Gasteiger partial charge in [0.25, 0.3) is 0 Å². The number of nitrogens with zero attached hydrogens (tertiary/aromatic N) is 2. The molecule has 160 valence electrons. The van der Waals surface area contributed by atoms with Crippen LogP contribution in [0.3, 0.4) is 0 Å². The maximum atomic E-state index is 13.7. The summed E-state index contributed by atoms with van der Waals surface area (Å²) in [7, 11) is 0. The first-order valence-corrected chi connectivity index (χ1v) is 9.52. The van der Waals surface area contributed by atoms with Crippen LogP contribution in [-0.2, 0) is 13.0 Å². The van der Waals surface area contributed by atoms with Crippen molar-refractivity contribution in [3.8, 4) is 11.5 Å². The molecule has 2 N–H and O–H groups in total. The maximum absolute atomic E-state index is 13.7. The van der Waals surface area contributed by atoms with E-state index in [2.05, 4.69) is 20.6 Å². The monoisotopic (exact) mass is 526 g/mol. The van der Waals surface area contributed by atoms with Crippen molar-refractivity contribution in [3.63, 3.8) is 0 Å². The van der Waals surface area contributed by atoms with Gasteiger partial charge in [0, 0.05) is 30.6 Å². The third kappa shape index (κ3) is 6.79. The van der Waals surface area contributed by atoms with Crippen molar-refractivity contribution >= 4 is 29.9 Å². The lowest BCUT2D eigenvalue weighted by Gasteiger charge is -2.10. The molecule has 0 atom stereocenters. The van der Waals surface area contributed by atoms with Crippen LogP contribution in [0.1, 0.15) is 23.7 Å². The summed E-state index contributed by atoms with van der Waals surface area (Å²) in [4.78, 5) is 8.83. The standard InChI is InChI=1S/C22H24F2N4O.HI/c1-3-25-22(27-13-17-12-18(23)8-9-20(17)24)26-11-10-19-14-29-21(28-19)16-6-4-15(2)5-7-16;/h4-9,12,14H,3,10-11,13H2,1-2H3,(H2,25,26,27);1H. The highest BCUT2D eigenvalue weighted by Crippen LogP contribution is 2.19. The second-order valence-electron chi connectivity index (χ2n) is 6.62. The van der Waals surface area contributed by atoms with Gasteiger partial charge in [-0.2, -0.15) is 0 Å². The Bertz CT molecular complexity index is 974. The zero-order valence-corrected chi connectivity index (χ0v) is 19.2. The van der Waals surface area contributed by atoms with Gasteiger partial charge in [-0.25, -0.2) is 18.8 Å². The number of rotatable bonds is 7. The van der Waals surface area contributed by atoms with E-state index in [4.69, 9.17) is 4.42 Å². The molecule has 0 saturated carbocycles. The molecule has 1 heterocycles. The second kappa shape index (κ2) is 11.6. The number of nitrogens with one attached hydrogen (secondary N) is 2. The fraction of sp³-hybridized carbons (Fsp3) is 0.273. The van der Waals surface area contributed by atoms with Crippen molar-refractivity contribution in [3.05, 3.63) is 77.2 Å². The molecule has 0 saturated heterocycles. The lowest BCUT2D eigenvalue weighted by molar-refractivity contribution is 0.572. The van der Waals surface area contributed by atoms with Crippen LogP contribution in [0.2, 0.25) is 0 Å². The first-order chi connectivity index (χ1) is 14.0. The van der Waals surface area contributed by atoms with Crippen LogP contribution in [0.15, 0.2) is 58.1 Å². The highest BCUT2D eigenvalue weighted by Gasteiger charge is 2.08. The molecular weight excluding hydrogens is 501 g/mol. The summed E-state index contributed by atoms with van der Waals surface area (Å²) >= 11 is 0. The van der Waals surface area contributed by atoms with Gasteiger partial charge >= 0.3 is 0 Å². The predicted octanol–water partition coefficient (Wildman–Crippen LogP) is 4.84. The number of guanidine groups is 1. The number of aromatic nitrogens is 1. The average Bonchev–Trinajstić information content (AvgIpc) is 3.18. The van der Waals surface area contributed by atoms with Crippen LogP contribution in [0.25, 0.3) is 11.5 Å². The Morgan fingerprint density at radius 3 is 2.60 bits per heavy atom. The molecule has 0 unspecified atom stereocenters. The van der Waals surface area contributed by atoms with E-state index in [0.29, 0.717) is 31.4 Å². The minimum Gasteiger partial charge on any atom is -0.444 e. The molecule has 1 aromatic heterocycles. The Morgan fingerprint density at radius 2 is 1.87 bits per heavy atom. The van der Waals surface area contributed by atoms with Gasteiger partial charge in [-0.3, -0.25) is 0 Å². The molecule has 8 heteroatoms. The maximum Gasteiger partial charge on any atom is 0.226 e. The molecule has 0 amide bonds. The number of aryl methyl sites for hydroxylation is 1. The molecule has 3 rings (SSSR count). The van der Waals surface area contributed by atoms with E-state index in [-0.39, 0.29) is 36.1 Å². The van der Waals surface area contributed by atoms with E-state index in [1.807, 2.05) is 38.1 Å². The summed E-state index contributed by atoms with van der Waals surface area (Å²) in [6.45, 7) is 5.23. The van der Waals surface area contributed by atoms with Crippen LogP contribution >= 0.6 is 24.0 Å². The van der Waals surface area contributed by atoms with Crippen LogP contribution in [-0.4, -0.2) is 24.0 Å². The van der Waals surface area contributed by atoms with Crippen molar-refractivity contribution in [2.24, 2.45) is 4.99 Å². The molecule has 0 radical (unpaired) electrons. The number of aliphatic imine (C=N–C) groups is 1. The topological polar surface area (TPSA) is 62.5 Å². The van der Waals surface area contributed by atoms with Crippen molar-refractivity contribution in [2.45, 2.75) is 26.8 Å². The lowest BCUT2D eigenvalue weighted by atomic mass is 10.1. The van der Waals surface area contributed by atoms with E-state index >= 15 is 0 Å². The van der Waals surface area contributed by atoms with Crippen molar-refractivity contribution in [2.75, 3.05) is 13.1 Å². The summed E-state index contributed by atoms with van der Waals surface area (Å²) in [6, 6.07) is 11.3. The van der Waals surface area contributed by atoms with Crippen LogP contribution in [0.4, 0.5) is 8.78 Å². The van der Waals surface area contributed by atoms with Gasteiger partial charge in [-0.1, -0.05) is 17.7 Å². The SMILES string of the molecule is CCNC(=NCc1cc(F)ccc1F)NCCc1coc(-c2ccc(C)cc2)n1.I. The molecule has 2 aromatic carbocycles. The molecule has 0 spiro atoms. The van der Waals surface area contributed by atoms with E-state index in [0.717, 1.165) is 29.5 Å². The predicted molar refractivity (Wildman–Crippen MR) is 125 cm³/mol. The van der Waals surface area contributed by atoms with Gasteiger partial charge in [-0.05, 0) is 44.2 Å². The largest absolute Gasteiger partial charge is 0.444 e. The van der Waals surface area contributed by atoms with Gasteiger partial charge in [0.2, 0.25) is 5.89 Å². The van der Waals surface area contributed by atoms with Gasteiger partial charge in [0.1, 0.15) is 17.9 Å². The molecule has 30 heavy (non-hydrogen) atoms. The molecule has 0 aliphatic carbocycles. The lowest BCUT2D eigenvalue weighted by Crippen LogP contribution is -2.38. The quantitative estimate of drug-likeness (QED) is 0.263. The van der Waals surface area contributed by atoms with E-state index < -0.39 is 11.6 Å². The molecule has 3 aromatic rings. The van der Waals surface area contributed by atoms with Crippen LogP contribution in [0, 0.1) is 18.6 Å². The smallest absolute Gasteiger partial charge is 0.226 e.